The number of amides is 1. The van der Waals surface area contributed by atoms with Crippen molar-refractivity contribution in [3.63, 3.8) is 0 Å². The van der Waals surface area contributed by atoms with E-state index >= 15 is 0 Å². The van der Waals surface area contributed by atoms with Gasteiger partial charge >= 0.3 is 5.69 Å². The standard InChI is InChI=1S/C16H20N4O6S/c1-17-10-13(15(22)18(2)16(17)23)27(24,25)20-6-3-5-19(7-8-20)14(21)12-4-9-26-11-12/h4,9-11H,3,5-8H2,1-2H3. The first kappa shape index (κ1) is 19.1. The van der Waals surface area contributed by atoms with Gasteiger partial charge in [0.15, 0.2) is 4.90 Å². The largest absolute Gasteiger partial charge is 0.472 e. The minimum Gasteiger partial charge on any atom is -0.472 e. The summed E-state index contributed by atoms with van der Waals surface area (Å²) in [5, 5.41) is 0. The molecule has 0 saturated carbocycles. The number of furan rings is 1. The van der Waals surface area contributed by atoms with Crippen LogP contribution in [0.25, 0.3) is 0 Å². The molecule has 1 amide bonds. The molecule has 1 aliphatic heterocycles. The van der Waals surface area contributed by atoms with Crippen LogP contribution in [0, 0.1) is 0 Å². The number of aromatic nitrogens is 2. The van der Waals surface area contributed by atoms with Gasteiger partial charge in [0.25, 0.3) is 11.5 Å². The molecule has 3 rings (SSSR count). The van der Waals surface area contributed by atoms with Gasteiger partial charge < -0.3 is 13.9 Å². The number of carbonyl (C=O) groups excluding carboxylic acids is 1. The zero-order valence-corrected chi connectivity index (χ0v) is 15.8. The van der Waals surface area contributed by atoms with Crippen molar-refractivity contribution in [2.24, 2.45) is 14.1 Å². The number of rotatable bonds is 3. The average molecular weight is 396 g/mol. The maximum absolute atomic E-state index is 13.0. The molecule has 146 valence electrons. The van der Waals surface area contributed by atoms with Crippen LogP contribution in [-0.4, -0.2) is 58.8 Å². The third kappa shape index (κ3) is 3.47. The molecular weight excluding hydrogens is 376 g/mol. The van der Waals surface area contributed by atoms with Gasteiger partial charge in [-0.25, -0.2) is 13.2 Å². The van der Waals surface area contributed by atoms with Gasteiger partial charge in [-0.05, 0) is 12.5 Å². The molecule has 10 nitrogen and oxygen atoms in total. The summed E-state index contributed by atoms with van der Waals surface area (Å²) < 4.78 is 33.8. The Bertz CT molecular complexity index is 1070. The maximum atomic E-state index is 13.0. The summed E-state index contributed by atoms with van der Waals surface area (Å²) in [6.07, 6.45) is 4.21. The van der Waals surface area contributed by atoms with E-state index < -0.39 is 26.2 Å². The van der Waals surface area contributed by atoms with Crippen molar-refractivity contribution in [2.45, 2.75) is 11.3 Å². The zero-order valence-electron chi connectivity index (χ0n) is 15.0. The monoisotopic (exact) mass is 396 g/mol. The minimum absolute atomic E-state index is 0.0535. The summed E-state index contributed by atoms with van der Waals surface area (Å²) >= 11 is 0. The number of hydrogen-bond acceptors (Lipinski definition) is 6. The first-order valence-electron chi connectivity index (χ1n) is 8.32. The third-order valence-corrected chi connectivity index (χ3v) is 6.42. The van der Waals surface area contributed by atoms with Crippen LogP contribution in [-0.2, 0) is 24.1 Å². The Hall–Kier alpha value is -2.66. The van der Waals surface area contributed by atoms with E-state index in [4.69, 9.17) is 4.42 Å². The van der Waals surface area contributed by atoms with Crippen LogP contribution in [0.4, 0.5) is 0 Å². The molecule has 1 aliphatic rings. The van der Waals surface area contributed by atoms with E-state index in [1.807, 2.05) is 0 Å². The lowest BCUT2D eigenvalue weighted by atomic mass is 10.3. The number of nitrogens with zero attached hydrogens (tertiary/aromatic N) is 4. The molecule has 2 aromatic heterocycles. The maximum Gasteiger partial charge on any atom is 0.330 e. The SMILES string of the molecule is Cn1cc(S(=O)(=O)N2CCCN(C(=O)c3ccoc3)CC2)c(=O)n(C)c1=O. The quantitative estimate of drug-likeness (QED) is 0.672. The van der Waals surface area contributed by atoms with Crippen LogP contribution in [0.5, 0.6) is 0 Å². The molecule has 0 spiro atoms. The second kappa shape index (κ2) is 7.16. The van der Waals surface area contributed by atoms with E-state index in [0.717, 1.165) is 15.3 Å². The normalized spacial score (nSPS) is 16.3. The fourth-order valence-corrected chi connectivity index (χ4v) is 4.62. The lowest BCUT2D eigenvalue weighted by Crippen LogP contribution is -2.43. The zero-order chi connectivity index (χ0) is 19.8. The summed E-state index contributed by atoms with van der Waals surface area (Å²) in [7, 11) is -1.48. The molecule has 3 heterocycles. The van der Waals surface area contributed by atoms with Crippen molar-refractivity contribution in [2.75, 3.05) is 26.2 Å². The van der Waals surface area contributed by atoms with Crippen molar-refractivity contribution >= 4 is 15.9 Å². The molecule has 0 aliphatic carbocycles. The van der Waals surface area contributed by atoms with Crippen LogP contribution < -0.4 is 11.2 Å². The van der Waals surface area contributed by atoms with Gasteiger partial charge in [0, 0.05) is 46.5 Å². The van der Waals surface area contributed by atoms with Crippen molar-refractivity contribution in [3.8, 4) is 0 Å². The molecule has 0 N–H and O–H groups in total. The first-order valence-corrected chi connectivity index (χ1v) is 9.76. The van der Waals surface area contributed by atoms with Crippen LogP contribution in [0.15, 0.2) is 43.7 Å². The van der Waals surface area contributed by atoms with E-state index in [1.165, 1.54) is 30.9 Å². The molecule has 0 atom stereocenters. The van der Waals surface area contributed by atoms with Crippen molar-refractivity contribution in [1.29, 1.82) is 0 Å². The Kier molecular flexibility index (Phi) is 5.07. The Labute approximate surface area is 155 Å². The Morgan fingerprint density at radius 3 is 2.52 bits per heavy atom. The number of carbonyl (C=O) groups is 1. The van der Waals surface area contributed by atoms with E-state index in [1.54, 1.807) is 11.0 Å². The summed E-state index contributed by atoms with van der Waals surface area (Å²) in [6, 6.07) is 1.55. The Morgan fingerprint density at radius 2 is 1.85 bits per heavy atom. The molecule has 27 heavy (non-hydrogen) atoms. The first-order chi connectivity index (χ1) is 12.7. The summed E-state index contributed by atoms with van der Waals surface area (Å²) in [4.78, 5) is 37.6. The summed E-state index contributed by atoms with van der Waals surface area (Å²) in [6.45, 7) is 0.804. The van der Waals surface area contributed by atoms with Gasteiger partial charge in [-0.15, -0.1) is 0 Å². The van der Waals surface area contributed by atoms with Crippen LogP contribution in [0.2, 0.25) is 0 Å². The van der Waals surface area contributed by atoms with Crippen LogP contribution >= 0.6 is 0 Å². The lowest BCUT2D eigenvalue weighted by Gasteiger charge is -2.21. The van der Waals surface area contributed by atoms with Crippen molar-refractivity contribution in [1.82, 2.24) is 18.3 Å². The molecular formula is C16H20N4O6S. The molecule has 0 unspecified atom stereocenters. The highest BCUT2D eigenvalue weighted by atomic mass is 32.2. The van der Waals surface area contributed by atoms with Crippen molar-refractivity contribution < 1.29 is 17.6 Å². The minimum atomic E-state index is -4.10. The van der Waals surface area contributed by atoms with E-state index in [0.29, 0.717) is 18.5 Å². The van der Waals surface area contributed by atoms with Crippen LogP contribution in [0.1, 0.15) is 16.8 Å². The summed E-state index contributed by atoms with van der Waals surface area (Å²) in [5.41, 5.74) is -1.07. The smallest absolute Gasteiger partial charge is 0.330 e. The molecule has 0 radical (unpaired) electrons. The Morgan fingerprint density at radius 1 is 1.11 bits per heavy atom. The van der Waals surface area contributed by atoms with Gasteiger partial charge in [0.05, 0.1) is 11.8 Å². The summed E-state index contributed by atoms with van der Waals surface area (Å²) in [5.74, 6) is -0.235. The van der Waals surface area contributed by atoms with E-state index in [9.17, 15) is 22.8 Å². The van der Waals surface area contributed by atoms with Gasteiger partial charge in [0.1, 0.15) is 6.26 Å². The van der Waals surface area contributed by atoms with Crippen molar-refractivity contribution in [3.05, 3.63) is 51.2 Å². The molecule has 0 bridgehead atoms. The number of aryl methyl sites for hydroxylation is 1. The lowest BCUT2D eigenvalue weighted by molar-refractivity contribution is 0.0763. The van der Waals surface area contributed by atoms with E-state index in [-0.39, 0.29) is 25.5 Å². The molecule has 0 aromatic carbocycles. The highest BCUT2D eigenvalue weighted by Crippen LogP contribution is 2.16. The van der Waals surface area contributed by atoms with Gasteiger partial charge in [-0.3, -0.25) is 14.2 Å². The molecule has 11 heteroatoms. The number of hydrogen-bond donors (Lipinski definition) is 0. The number of sulfonamides is 1. The highest BCUT2D eigenvalue weighted by molar-refractivity contribution is 7.89. The van der Waals surface area contributed by atoms with Gasteiger partial charge in [-0.1, -0.05) is 0 Å². The molecule has 1 saturated heterocycles. The second-order valence-electron chi connectivity index (χ2n) is 6.31. The predicted molar refractivity (Wildman–Crippen MR) is 94.9 cm³/mol. The fraction of sp³-hybridized carbons (Fsp3) is 0.438. The Balaban J connectivity index is 1.86. The average Bonchev–Trinajstić information content (AvgIpc) is 3.06. The second-order valence-corrected chi connectivity index (χ2v) is 8.22. The van der Waals surface area contributed by atoms with Gasteiger partial charge in [-0.2, -0.15) is 4.31 Å². The van der Waals surface area contributed by atoms with Crippen LogP contribution in [0.3, 0.4) is 0 Å². The highest BCUT2D eigenvalue weighted by Gasteiger charge is 2.31. The molecule has 1 fully saturated rings. The fourth-order valence-electron chi connectivity index (χ4n) is 3.00. The predicted octanol–water partition coefficient (Wildman–Crippen LogP) is -0.786. The third-order valence-electron chi connectivity index (χ3n) is 4.54. The topological polar surface area (TPSA) is 115 Å². The van der Waals surface area contributed by atoms with E-state index in [2.05, 4.69) is 0 Å². The molecule has 2 aromatic rings. The van der Waals surface area contributed by atoms with Gasteiger partial charge in [0.2, 0.25) is 10.0 Å².